The van der Waals surface area contributed by atoms with Crippen molar-refractivity contribution in [1.82, 2.24) is 5.32 Å². The molecule has 0 bridgehead atoms. The second-order valence-corrected chi connectivity index (χ2v) is 3.65. The van der Waals surface area contributed by atoms with Gasteiger partial charge in [-0.25, -0.2) is 0 Å². The topological polar surface area (TPSA) is 29.1 Å². The molecule has 1 fully saturated rings. The number of rotatable bonds is 4. The molecule has 1 saturated carbocycles. The lowest BCUT2D eigenvalue weighted by molar-refractivity contribution is -0.121. The van der Waals surface area contributed by atoms with Crippen LogP contribution in [0.3, 0.4) is 0 Å². The SMILES string of the molecule is CC#CCC#CCCCC(=O)NC1CC1. The third-order valence-corrected chi connectivity index (χ3v) is 2.13. The molecule has 0 aliphatic heterocycles. The normalized spacial score (nSPS) is 13.1. The van der Waals surface area contributed by atoms with Gasteiger partial charge in [-0.3, -0.25) is 4.79 Å². The maximum atomic E-state index is 11.2. The smallest absolute Gasteiger partial charge is 0.220 e. The summed E-state index contributed by atoms with van der Waals surface area (Å²) >= 11 is 0. The molecule has 1 amide bonds. The van der Waals surface area contributed by atoms with E-state index in [1.807, 2.05) is 6.92 Å². The fourth-order valence-electron chi connectivity index (χ4n) is 1.15. The first-order valence-electron chi connectivity index (χ1n) is 5.47. The molecule has 0 aromatic rings. The van der Waals surface area contributed by atoms with E-state index in [9.17, 15) is 4.79 Å². The van der Waals surface area contributed by atoms with Crippen molar-refractivity contribution < 1.29 is 4.79 Å². The molecule has 1 aliphatic carbocycles. The van der Waals surface area contributed by atoms with E-state index in [2.05, 4.69) is 29.0 Å². The highest BCUT2D eigenvalue weighted by molar-refractivity contribution is 5.76. The van der Waals surface area contributed by atoms with Gasteiger partial charge in [-0.1, -0.05) is 11.8 Å². The Balaban J connectivity index is 1.95. The molecular formula is C13H17NO. The lowest BCUT2D eigenvalue weighted by Crippen LogP contribution is -2.24. The Morgan fingerprint density at radius 3 is 2.80 bits per heavy atom. The second kappa shape index (κ2) is 6.96. The van der Waals surface area contributed by atoms with Crippen LogP contribution >= 0.6 is 0 Å². The van der Waals surface area contributed by atoms with Gasteiger partial charge in [0.1, 0.15) is 0 Å². The minimum Gasteiger partial charge on any atom is -0.353 e. The van der Waals surface area contributed by atoms with E-state index < -0.39 is 0 Å². The monoisotopic (exact) mass is 203 g/mol. The van der Waals surface area contributed by atoms with Gasteiger partial charge in [0.15, 0.2) is 0 Å². The summed E-state index contributed by atoms with van der Waals surface area (Å²) in [5.41, 5.74) is 0. The quantitative estimate of drug-likeness (QED) is 0.548. The molecule has 0 atom stereocenters. The van der Waals surface area contributed by atoms with Gasteiger partial charge in [-0.15, -0.1) is 11.8 Å². The van der Waals surface area contributed by atoms with E-state index in [0.717, 1.165) is 25.7 Å². The molecule has 0 spiro atoms. The lowest BCUT2D eigenvalue weighted by Gasteiger charge is -2.00. The molecule has 1 rings (SSSR count). The number of nitrogens with one attached hydrogen (secondary N) is 1. The van der Waals surface area contributed by atoms with Crippen molar-refractivity contribution in [3.05, 3.63) is 0 Å². The fraction of sp³-hybridized carbons (Fsp3) is 0.615. The van der Waals surface area contributed by atoms with E-state index in [-0.39, 0.29) is 5.91 Å². The van der Waals surface area contributed by atoms with Gasteiger partial charge in [-0.05, 0) is 26.2 Å². The predicted molar refractivity (Wildman–Crippen MR) is 60.9 cm³/mol. The summed E-state index contributed by atoms with van der Waals surface area (Å²) in [6.45, 7) is 1.81. The summed E-state index contributed by atoms with van der Waals surface area (Å²) < 4.78 is 0. The summed E-state index contributed by atoms with van der Waals surface area (Å²) in [5.74, 6) is 11.8. The third-order valence-electron chi connectivity index (χ3n) is 2.13. The maximum absolute atomic E-state index is 11.2. The Kier molecular flexibility index (Phi) is 5.41. The average molecular weight is 203 g/mol. The highest BCUT2D eigenvalue weighted by Gasteiger charge is 2.22. The van der Waals surface area contributed by atoms with Crippen LogP contribution in [0.4, 0.5) is 0 Å². The second-order valence-electron chi connectivity index (χ2n) is 3.65. The molecule has 2 heteroatoms. The third kappa shape index (κ3) is 6.63. The van der Waals surface area contributed by atoms with Gasteiger partial charge >= 0.3 is 0 Å². The summed E-state index contributed by atoms with van der Waals surface area (Å²) in [6, 6.07) is 0.475. The van der Waals surface area contributed by atoms with Crippen LogP contribution in [-0.4, -0.2) is 11.9 Å². The minimum absolute atomic E-state index is 0.174. The van der Waals surface area contributed by atoms with Gasteiger partial charge in [0.25, 0.3) is 0 Å². The van der Waals surface area contributed by atoms with E-state index in [4.69, 9.17) is 0 Å². The first-order chi connectivity index (χ1) is 7.33. The predicted octanol–water partition coefficient (Wildman–Crippen LogP) is 1.85. The number of hydrogen-bond acceptors (Lipinski definition) is 1. The molecule has 2 nitrogen and oxygen atoms in total. The van der Waals surface area contributed by atoms with Crippen LogP contribution in [0.15, 0.2) is 0 Å². The molecule has 0 saturated heterocycles. The van der Waals surface area contributed by atoms with Crippen LogP contribution in [0, 0.1) is 23.7 Å². The van der Waals surface area contributed by atoms with Crippen molar-refractivity contribution in [3.63, 3.8) is 0 Å². The van der Waals surface area contributed by atoms with Gasteiger partial charge in [0.05, 0.1) is 6.42 Å². The highest BCUT2D eigenvalue weighted by atomic mass is 16.1. The molecular weight excluding hydrogens is 186 g/mol. The van der Waals surface area contributed by atoms with Crippen LogP contribution < -0.4 is 5.32 Å². The number of carbonyl (C=O) groups excluding carboxylic acids is 1. The van der Waals surface area contributed by atoms with Gasteiger partial charge in [-0.2, -0.15) is 0 Å². The molecule has 80 valence electrons. The van der Waals surface area contributed by atoms with Gasteiger partial charge in [0, 0.05) is 18.9 Å². The summed E-state index contributed by atoms with van der Waals surface area (Å²) in [5, 5.41) is 2.96. The number of unbranched alkanes of at least 4 members (excludes halogenated alkanes) is 1. The van der Waals surface area contributed by atoms with E-state index in [1.54, 1.807) is 0 Å². The molecule has 1 aliphatic rings. The molecule has 0 aromatic heterocycles. The Hall–Kier alpha value is -1.41. The van der Waals surface area contributed by atoms with Crippen molar-refractivity contribution in [2.24, 2.45) is 0 Å². The number of amides is 1. The van der Waals surface area contributed by atoms with E-state index >= 15 is 0 Å². The molecule has 0 unspecified atom stereocenters. The summed E-state index contributed by atoms with van der Waals surface area (Å²) in [4.78, 5) is 11.2. The first-order valence-corrected chi connectivity index (χ1v) is 5.47. The van der Waals surface area contributed by atoms with Crippen LogP contribution in [0.2, 0.25) is 0 Å². The van der Waals surface area contributed by atoms with Crippen molar-refractivity contribution in [1.29, 1.82) is 0 Å². The number of carbonyl (C=O) groups is 1. The zero-order valence-electron chi connectivity index (χ0n) is 9.23. The molecule has 0 heterocycles. The highest BCUT2D eigenvalue weighted by Crippen LogP contribution is 2.18. The Morgan fingerprint density at radius 1 is 1.33 bits per heavy atom. The van der Waals surface area contributed by atoms with Crippen LogP contribution in [0.5, 0.6) is 0 Å². The van der Waals surface area contributed by atoms with Crippen molar-refractivity contribution in [3.8, 4) is 23.7 Å². The largest absolute Gasteiger partial charge is 0.353 e. The summed E-state index contributed by atoms with van der Waals surface area (Å²) in [7, 11) is 0. The molecule has 15 heavy (non-hydrogen) atoms. The van der Waals surface area contributed by atoms with Crippen molar-refractivity contribution in [2.75, 3.05) is 0 Å². The van der Waals surface area contributed by atoms with Crippen LogP contribution in [-0.2, 0) is 4.79 Å². The van der Waals surface area contributed by atoms with Gasteiger partial charge < -0.3 is 5.32 Å². The van der Waals surface area contributed by atoms with E-state index in [0.29, 0.717) is 18.9 Å². The average Bonchev–Trinajstić information content (AvgIpc) is 3.00. The molecule has 1 N–H and O–H groups in total. The number of hydrogen-bond donors (Lipinski definition) is 1. The van der Waals surface area contributed by atoms with Crippen LogP contribution in [0.25, 0.3) is 0 Å². The zero-order chi connectivity index (χ0) is 10.9. The van der Waals surface area contributed by atoms with Crippen molar-refractivity contribution in [2.45, 2.75) is 51.5 Å². The van der Waals surface area contributed by atoms with Crippen molar-refractivity contribution >= 4 is 5.91 Å². The van der Waals surface area contributed by atoms with E-state index in [1.165, 1.54) is 0 Å². The first kappa shape index (κ1) is 11.7. The Labute approximate surface area is 91.8 Å². The van der Waals surface area contributed by atoms with Gasteiger partial charge in [0.2, 0.25) is 5.91 Å². The van der Waals surface area contributed by atoms with Crippen LogP contribution in [0.1, 0.15) is 45.4 Å². The standard InChI is InChI=1S/C13H17NO/c1-2-3-4-5-6-7-8-9-13(15)14-12-10-11-12/h12H,4,7-11H2,1H3,(H,14,15). The Morgan fingerprint density at radius 2 is 2.13 bits per heavy atom. The minimum atomic E-state index is 0.174. The maximum Gasteiger partial charge on any atom is 0.220 e. The lowest BCUT2D eigenvalue weighted by atomic mass is 10.2. The fourth-order valence-corrected chi connectivity index (χ4v) is 1.15. The molecule has 0 aromatic carbocycles. The Bertz CT molecular complexity index is 320. The molecule has 0 radical (unpaired) electrons. The summed E-state index contributed by atoms with van der Waals surface area (Å²) in [6.07, 6.45) is 5.20. The zero-order valence-corrected chi connectivity index (χ0v) is 9.23.